The van der Waals surface area contributed by atoms with Crippen molar-refractivity contribution in [3.05, 3.63) is 59.6 Å². The Kier molecular flexibility index (Phi) is 5.63. The van der Waals surface area contributed by atoms with Crippen LogP contribution in [0.1, 0.15) is 18.9 Å². The molecular formula is C20H21N3O2S. The summed E-state index contributed by atoms with van der Waals surface area (Å²) in [6.07, 6.45) is 1.76. The summed E-state index contributed by atoms with van der Waals surface area (Å²) in [6, 6.07) is 13.4. The molecule has 0 fully saturated rings. The minimum absolute atomic E-state index is 0.113. The monoisotopic (exact) mass is 367 g/mol. The van der Waals surface area contributed by atoms with Crippen LogP contribution in [0.2, 0.25) is 0 Å². The Morgan fingerprint density at radius 3 is 2.65 bits per heavy atom. The van der Waals surface area contributed by atoms with E-state index in [0.29, 0.717) is 11.6 Å². The molecule has 0 aliphatic rings. The van der Waals surface area contributed by atoms with Gasteiger partial charge in [-0.2, -0.15) is 0 Å². The standard InChI is InChI=1S/C20H21N3O2S/c1-4-17(25-18-11-6-5-9-14(18)2)19(24)23(3)20-22-16(13-26-20)15-10-7-8-12-21-15/h5-13,17H,4H2,1-3H3. The van der Waals surface area contributed by atoms with Crippen LogP contribution < -0.4 is 9.64 Å². The first-order valence-corrected chi connectivity index (χ1v) is 9.35. The van der Waals surface area contributed by atoms with E-state index in [1.54, 1.807) is 18.1 Å². The summed E-state index contributed by atoms with van der Waals surface area (Å²) in [5, 5.41) is 2.53. The summed E-state index contributed by atoms with van der Waals surface area (Å²) < 4.78 is 5.96. The lowest BCUT2D eigenvalue weighted by Crippen LogP contribution is -2.39. The summed E-state index contributed by atoms with van der Waals surface area (Å²) in [7, 11) is 1.73. The van der Waals surface area contributed by atoms with E-state index in [4.69, 9.17) is 4.74 Å². The normalized spacial score (nSPS) is 11.8. The lowest BCUT2D eigenvalue weighted by atomic mass is 10.2. The molecule has 0 aliphatic heterocycles. The lowest BCUT2D eigenvalue weighted by molar-refractivity contribution is -0.125. The maximum atomic E-state index is 12.9. The Balaban J connectivity index is 1.76. The molecule has 1 amide bonds. The number of ether oxygens (including phenoxy) is 1. The van der Waals surface area contributed by atoms with Crippen LogP contribution in [0.4, 0.5) is 5.13 Å². The van der Waals surface area contributed by atoms with Gasteiger partial charge in [0.2, 0.25) is 0 Å². The maximum Gasteiger partial charge on any atom is 0.269 e. The number of thiazole rings is 1. The second kappa shape index (κ2) is 8.10. The summed E-state index contributed by atoms with van der Waals surface area (Å²) in [6.45, 7) is 3.91. The van der Waals surface area contributed by atoms with Crippen LogP contribution in [0.25, 0.3) is 11.4 Å². The van der Waals surface area contributed by atoms with Crippen molar-refractivity contribution in [1.29, 1.82) is 0 Å². The Morgan fingerprint density at radius 1 is 1.19 bits per heavy atom. The zero-order chi connectivity index (χ0) is 18.5. The van der Waals surface area contributed by atoms with Crippen molar-refractivity contribution in [1.82, 2.24) is 9.97 Å². The van der Waals surface area contributed by atoms with Gasteiger partial charge in [-0.1, -0.05) is 31.2 Å². The number of amides is 1. The number of anilines is 1. The molecule has 26 heavy (non-hydrogen) atoms. The number of para-hydroxylation sites is 1. The zero-order valence-electron chi connectivity index (χ0n) is 15.0. The number of pyridine rings is 1. The fourth-order valence-corrected chi connectivity index (χ4v) is 3.30. The molecule has 2 heterocycles. The second-order valence-electron chi connectivity index (χ2n) is 5.91. The van der Waals surface area contributed by atoms with Crippen molar-refractivity contribution in [2.24, 2.45) is 0 Å². The molecule has 0 spiro atoms. The molecule has 134 valence electrons. The molecular weight excluding hydrogens is 346 g/mol. The van der Waals surface area contributed by atoms with Gasteiger partial charge in [0, 0.05) is 18.6 Å². The Labute approximate surface area is 157 Å². The average Bonchev–Trinajstić information content (AvgIpc) is 3.17. The molecule has 6 heteroatoms. The first kappa shape index (κ1) is 18.1. The van der Waals surface area contributed by atoms with Crippen molar-refractivity contribution < 1.29 is 9.53 Å². The highest BCUT2D eigenvalue weighted by atomic mass is 32.1. The van der Waals surface area contributed by atoms with Crippen LogP contribution in [-0.2, 0) is 4.79 Å². The molecule has 5 nitrogen and oxygen atoms in total. The number of carbonyl (C=O) groups is 1. The SMILES string of the molecule is CCC(Oc1ccccc1C)C(=O)N(C)c1nc(-c2ccccn2)cs1. The van der Waals surface area contributed by atoms with Crippen LogP contribution in [0.5, 0.6) is 5.75 Å². The molecule has 0 aliphatic carbocycles. The smallest absolute Gasteiger partial charge is 0.269 e. The number of hydrogen-bond donors (Lipinski definition) is 0. The first-order valence-electron chi connectivity index (χ1n) is 8.47. The molecule has 0 bridgehead atoms. The fourth-order valence-electron chi connectivity index (χ4n) is 2.51. The van der Waals surface area contributed by atoms with Gasteiger partial charge in [0.05, 0.1) is 5.69 Å². The molecule has 1 unspecified atom stereocenters. The Hall–Kier alpha value is -2.73. The summed E-state index contributed by atoms with van der Waals surface area (Å²) >= 11 is 1.42. The first-order chi connectivity index (χ1) is 12.6. The van der Waals surface area contributed by atoms with Crippen LogP contribution in [0.15, 0.2) is 54.0 Å². The van der Waals surface area contributed by atoms with E-state index in [1.165, 1.54) is 11.3 Å². The van der Waals surface area contributed by atoms with Crippen molar-refractivity contribution in [3.63, 3.8) is 0 Å². The van der Waals surface area contributed by atoms with Gasteiger partial charge >= 0.3 is 0 Å². The molecule has 3 aromatic rings. The highest BCUT2D eigenvalue weighted by Crippen LogP contribution is 2.27. The number of aryl methyl sites for hydroxylation is 1. The number of carbonyl (C=O) groups excluding carboxylic acids is 1. The van der Waals surface area contributed by atoms with E-state index in [1.807, 2.05) is 61.7 Å². The Bertz CT molecular complexity index is 880. The topological polar surface area (TPSA) is 55.3 Å². The molecule has 2 aromatic heterocycles. The van der Waals surface area contributed by atoms with Crippen LogP contribution in [0.3, 0.4) is 0 Å². The van der Waals surface area contributed by atoms with Gasteiger partial charge in [-0.15, -0.1) is 11.3 Å². The maximum absolute atomic E-state index is 12.9. The molecule has 0 N–H and O–H groups in total. The van der Waals surface area contributed by atoms with Gasteiger partial charge in [0.25, 0.3) is 5.91 Å². The van der Waals surface area contributed by atoms with E-state index >= 15 is 0 Å². The minimum Gasteiger partial charge on any atom is -0.480 e. The van der Waals surface area contributed by atoms with E-state index in [-0.39, 0.29) is 5.91 Å². The predicted molar refractivity (Wildman–Crippen MR) is 105 cm³/mol. The molecule has 1 atom stereocenters. The zero-order valence-corrected chi connectivity index (χ0v) is 15.9. The number of benzene rings is 1. The summed E-state index contributed by atoms with van der Waals surface area (Å²) in [5.74, 6) is 0.618. The van der Waals surface area contributed by atoms with E-state index in [0.717, 1.165) is 22.7 Å². The number of rotatable bonds is 6. The van der Waals surface area contributed by atoms with Gasteiger partial charge in [-0.3, -0.25) is 14.7 Å². The number of aromatic nitrogens is 2. The Morgan fingerprint density at radius 2 is 1.96 bits per heavy atom. The van der Waals surface area contributed by atoms with E-state index < -0.39 is 6.10 Å². The van der Waals surface area contributed by atoms with Crippen LogP contribution in [-0.4, -0.2) is 29.0 Å². The van der Waals surface area contributed by atoms with Crippen molar-refractivity contribution in [2.75, 3.05) is 11.9 Å². The van der Waals surface area contributed by atoms with Gasteiger partial charge in [-0.05, 0) is 37.1 Å². The second-order valence-corrected chi connectivity index (χ2v) is 6.74. The molecule has 0 saturated heterocycles. The van der Waals surface area contributed by atoms with E-state index in [9.17, 15) is 4.79 Å². The third kappa shape index (κ3) is 3.91. The van der Waals surface area contributed by atoms with Crippen molar-refractivity contribution in [2.45, 2.75) is 26.4 Å². The number of nitrogens with zero attached hydrogens (tertiary/aromatic N) is 3. The third-order valence-corrected chi connectivity index (χ3v) is 4.96. The van der Waals surface area contributed by atoms with Gasteiger partial charge in [-0.25, -0.2) is 4.98 Å². The predicted octanol–water partition coefficient (Wildman–Crippen LogP) is 4.33. The fraction of sp³-hybridized carbons (Fsp3) is 0.250. The van der Waals surface area contributed by atoms with Crippen molar-refractivity contribution in [3.8, 4) is 17.1 Å². The number of likely N-dealkylation sites (N-methyl/N-ethyl adjacent to an activating group) is 1. The molecule has 3 rings (SSSR count). The highest BCUT2D eigenvalue weighted by molar-refractivity contribution is 7.14. The van der Waals surface area contributed by atoms with Crippen LogP contribution in [0, 0.1) is 6.92 Å². The average molecular weight is 367 g/mol. The quantitative estimate of drug-likeness (QED) is 0.650. The van der Waals surface area contributed by atoms with Crippen LogP contribution >= 0.6 is 11.3 Å². The highest BCUT2D eigenvalue weighted by Gasteiger charge is 2.25. The van der Waals surface area contributed by atoms with E-state index in [2.05, 4.69) is 9.97 Å². The van der Waals surface area contributed by atoms with Gasteiger partial charge < -0.3 is 4.74 Å². The summed E-state index contributed by atoms with van der Waals surface area (Å²) in [5.41, 5.74) is 2.56. The lowest BCUT2D eigenvalue weighted by Gasteiger charge is -2.22. The minimum atomic E-state index is -0.552. The molecule has 0 saturated carbocycles. The van der Waals surface area contributed by atoms with Gasteiger partial charge in [0.1, 0.15) is 11.4 Å². The number of hydrogen-bond acceptors (Lipinski definition) is 5. The molecule has 0 radical (unpaired) electrons. The van der Waals surface area contributed by atoms with Crippen molar-refractivity contribution >= 4 is 22.4 Å². The summed E-state index contributed by atoms with van der Waals surface area (Å²) in [4.78, 5) is 23.3. The molecule has 1 aromatic carbocycles. The largest absolute Gasteiger partial charge is 0.480 e. The van der Waals surface area contributed by atoms with Gasteiger partial charge in [0.15, 0.2) is 11.2 Å². The third-order valence-electron chi connectivity index (χ3n) is 4.05.